The van der Waals surface area contributed by atoms with E-state index in [9.17, 15) is 14.7 Å². The molecule has 3 aliphatic rings. The summed E-state index contributed by atoms with van der Waals surface area (Å²) in [5, 5.41) is 11.7. The number of carbonyl (C=O) groups excluding carboxylic acids is 2. The third-order valence-electron chi connectivity index (χ3n) is 7.41. The molecule has 0 saturated heterocycles. The number of aliphatic hydroxyl groups is 1. The van der Waals surface area contributed by atoms with Gasteiger partial charge >= 0.3 is 5.97 Å². The van der Waals surface area contributed by atoms with E-state index in [2.05, 4.69) is 20.8 Å². The van der Waals surface area contributed by atoms with E-state index in [1.165, 1.54) is 0 Å². The molecule has 0 unspecified atom stereocenters. The van der Waals surface area contributed by atoms with Crippen LogP contribution in [0.25, 0.3) is 0 Å². The van der Waals surface area contributed by atoms with Crippen LogP contribution in [0.3, 0.4) is 0 Å². The largest absolute Gasteiger partial charge is 0.458 e. The van der Waals surface area contributed by atoms with Gasteiger partial charge in [0.15, 0.2) is 0 Å². The van der Waals surface area contributed by atoms with Gasteiger partial charge in [-0.25, -0.2) is 4.79 Å². The fourth-order valence-electron chi connectivity index (χ4n) is 5.71. The van der Waals surface area contributed by atoms with Crippen LogP contribution < -0.4 is 0 Å². The topological polar surface area (TPSA) is 63.6 Å². The molecule has 4 nitrogen and oxygen atoms in total. The van der Waals surface area contributed by atoms with Crippen molar-refractivity contribution in [3.63, 3.8) is 0 Å². The molecular weight excluding hydrogens is 304 g/mol. The highest BCUT2D eigenvalue weighted by Crippen LogP contribution is 2.63. The quantitative estimate of drug-likeness (QED) is 0.803. The fraction of sp³-hybridized carbons (Fsp3) is 0.800. The van der Waals surface area contributed by atoms with Crippen molar-refractivity contribution in [1.82, 2.24) is 0 Å². The summed E-state index contributed by atoms with van der Waals surface area (Å²) in [4.78, 5) is 24.4. The summed E-state index contributed by atoms with van der Waals surface area (Å²) >= 11 is 0. The van der Waals surface area contributed by atoms with Gasteiger partial charge in [0.2, 0.25) is 0 Å². The number of carbonyl (C=O) groups is 2. The molecule has 2 aliphatic carbocycles. The Morgan fingerprint density at radius 1 is 1.25 bits per heavy atom. The second-order valence-corrected chi connectivity index (χ2v) is 8.96. The van der Waals surface area contributed by atoms with E-state index in [0.717, 1.165) is 19.3 Å². The van der Waals surface area contributed by atoms with Gasteiger partial charge in [-0.1, -0.05) is 34.1 Å². The lowest BCUT2D eigenvalue weighted by Crippen LogP contribution is -2.64. The smallest absolute Gasteiger partial charge is 0.334 e. The third-order valence-corrected chi connectivity index (χ3v) is 7.41. The summed E-state index contributed by atoms with van der Waals surface area (Å²) < 4.78 is 4.97. The first-order chi connectivity index (χ1) is 11.1. The van der Waals surface area contributed by atoms with Crippen LogP contribution in [0.4, 0.5) is 0 Å². The Morgan fingerprint density at radius 3 is 2.58 bits per heavy atom. The first kappa shape index (κ1) is 17.7. The number of rotatable bonds is 3. The Morgan fingerprint density at radius 2 is 1.96 bits per heavy atom. The Balaban J connectivity index is 1.92. The minimum Gasteiger partial charge on any atom is -0.458 e. The average Bonchev–Trinajstić information content (AvgIpc) is 2.91. The summed E-state index contributed by atoms with van der Waals surface area (Å²) in [6.45, 7) is 8.83. The van der Waals surface area contributed by atoms with Crippen LogP contribution in [-0.2, 0) is 14.3 Å². The molecule has 1 heterocycles. The maximum absolute atomic E-state index is 12.7. The van der Waals surface area contributed by atoms with E-state index >= 15 is 0 Å². The summed E-state index contributed by atoms with van der Waals surface area (Å²) in [7, 11) is 0. The zero-order chi connectivity index (χ0) is 17.8. The van der Waals surface area contributed by atoms with Crippen LogP contribution in [0.1, 0.15) is 66.2 Å². The van der Waals surface area contributed by atoms with Gasteiger partial charge in [-0.05, 0) is 43.1 Å². The van der Waals surface area contributed by atoms with E-state index in [-0.39, 0.29) is 34.4 Å². The molecule has 1 N–H and O–H groups in total. The first-order valence-corrected chi connectivity index (χ1v) is 9.23. The van der Waals surface area contributed by atoms with Crippen molar-refractivity contribution in [2.45, 2.75) is 71.8 Å². The molecule has 0 spiro atoms. The van der Waals surface area contributed by atoms with Crippen molar-refractivity contribution >= 4 is 11.8 Å². The molecule has 2 saturated carbocycles. The number of cyclic esters (lactones) is 1. The first-order valence-electron chi connectivity index (χ1n) is 9.23. The minimum atomic E-state index is -1.06. The highest BCUT2D eigenvalue weighted by molar-refractivity contribution is 5.90. The highest BCUT2D eigenvalue weighted by Gasteiger charge is 2.63. The number of hydrogen-bond acceptors (Lipinski definition) is 4. The van der Waals surface area contributed by atoms with Gasteiger partial charge in [-0.15, -0.1) is 0 Å². The zero-order valence-corrected chi connectivity index (χ0v) is 15.4. The number of ketones is 1. The Hall–Kier alpha value is -1.16. The van der Waals surface area contributed by atoms with Crippen molar-refractivity contribution in [3.8, 4) is 0 Å². The molecule has 3 rings (SSSR count). The molecule has 2 fully saturated rings. The van der Waals surface area contributed by atoms with Crippen molar-refractivity contribution < 1.29 is 19.4 Å². The van der Waals surface area contributed by atoms with Crippen LogP contribution in [0.5, 0.6) is 0 Å². The number of esters is 1. The molecular formula is C20H30O4. The van der Waals surface area contributed by atoms with Gasteiger partial charge in [0.05, 0.1) is 5.60 Å². The number of ether oxygens (including phenoxy) is 1. The SMILES string of the molecule is C[C@@H]1C(=O)C[C@H]2C(C)(C)CCC[C@]2(C)[C@@]1(O)CCC1=CCOC1=O. The van der Waals surface area contributed by atoms with E-state index in [1.807, 2.05) is 6.92 Å². The second kappa shape index (κ2) is 5.69. The maximum Gasteiger partial charge on any atom is 0.334 e. The molecule has 4 atom stereocenters. The van der Waals surface area contributed by atoms with E-state index in [1.54, 1.807) is 6.08 Å². The average molecular weight is 334 g/mol. The van der Waals surface area contributed by atoms with Crippen LogP contribution in [0.2, 0.25) is 0 Å². The van der Waals surface area contributed by atoms with Crippen molar-refractivity contribution in [2.24, 2.45) is 22.7 Å². The van der Waals surface area contributed by atoms with Gasteiger partial charge in [0.1, 0.15) is 12.4 Å². The maximum atomic E-state index is 12.7. The van der Waals surface area contributed by atoms with Crippen LogP contribution in [0, 0.1) is 22.7 Å². The lowest BCUT2D eigenvalue weighted by molar-refractivity contribution is -0.208. The van der Waals surface area contributed by atoms with Gasteiger partial charge in [0.25, 0.3) is 0 Å². The molecule has 0 aromatic rings. The summed E-state index contributed by atoms with van der Waals surface area (Å²) in [5.41, 5.74) is -0.647. The van der Waals surface area contributed by atoms with Gasteiger partial charge < -0.3 is 9.84 Å². The number of fused-ring (bicyclic) bond motifs is 1. The molecule has 0 radical (unpaired) electrons. The van der Waals surface area contributed by atoms with E-state index in [4.69, 9.17) is 4.74 Å². The predicted octanol–water partition coefficient (Wildman–Crippen LogP) is 3.42. The lowest BCUT2D eigenvalue weighted by Gasteiger charge is -2.62. The van der Waals surface area contributed by atoms with Crippen molar-refractivity contribution in [1.29, 1.82) is 0 Å². The van der Waals surface area contributed by atoms with Crippen molar-refractivity contribution in [3.05, 3.63) is 11.6 Å². The summed E-state index contributed by atoms with van der Waals surface area (Å²) in [6.07, 6.45) is 6.41. The molecule has 0 amide bonds. The van der Waals surface area contributed by atoms with E-state index < -0.39 is 5.60 Å². The molecule has 0 aromatic heterocycles. The molecule has 24 heavy (non-hydrogen) atoms. The molecule has 4 heteroatoms. The standard InChI is InChI=1S/C20H30O4/c1-13-15(21)12-16-18(2,3)8-5-9-19(16,4)20(13,23)10-6-14-7-11-24-17(14)22/h7,13,16,23H,5-6,8-12H2,1-4H3/t13-,16+,19+,20-/m1/s1. The Labute approximate surface area is 144 Å². The number of hydrogen-bond donors (Lipinski definition) is 1. The Kier molecular flexibility index (Phi) is 4.18. The molecule has 0 aromatic carbocycles. The van der Waals surface area contributed by atoms with Gasteiger partial charge in [-0.2, -0.15) is 0 Å². The summed E-state index contributed by atoms with van der Waals surface area (Å²) in [5.74, 6) is -0.306. The molecule has 0 bridgehead atoms. The predicted molar refractivity (Wildman–Crippen MR) is 91.2 cm³/mol. The highest BCUT2D eigenvalue weighted by atomic mass is 16.5. The third kappa shape index (κ3) is 2.45. The summed E-state index contributed by atoms with van der Waals surface area (Å²) in [6, 6.07) is 0. The fourth-order valence-corrected chi connectivity index (χ4v) is 5.71. The molecule has 1 aliphatic heterocycles. The lowest BCUT2D eigenvalue weighted by atomic mass is 9.44. The monoisotopic (exact) mass is 334 g/mol. The normalized spacial score (nSPS) is 41.6. The van der Waals surface area contributed by atoms with Crippen LogP contribution in [0.15, 0.2) is 11.6 Å². The minimum absolute atomic E-state index is 0.0579. The zero-order valence-electron chi connectivity index (χ0n) is 15.4. The van der Waals surface area contributed by atoms with Crippen LogP contribution in [-0.4, -0.2) is 29.1 Å². The van der Waals surface area contributed by atoms with Crippen LogP contribution >= 0.6 is 0 Å². The van der Waals surface area contributed by atoms with Gasteiger partial charge in [-0.3, -0.25) is 4.79 Å². The van der Waals surface area contributed by atoms with E-state index in [0.29, 0.717) is 31.4 Å². The van der Waals surface area contributed by atoms with Gasteiger partial charge in [0, 0.05) is 23.3 Å². The van der Waals surface area contributed by atoms with Crippen molar-refractivity contribution in [2.75, 3.05) is 6.61 Å². The number of Topliss-reactive ketones (excluding diaryl/α,β-unsaturated/α-hetero) is 1. The second-order valence-electron chi connectivity index (χ2n) is 8.96. The molecule has 134 valence electrons. The Bertz CT molecular complexity index is 590.